The van der Waals surface area contributed by atoms with Crippen molar-refractivity contribution in [3.8, 4) is 5.75 Å². The topological polar surface area (TPSA) is 21.3 Å². The first kappa shape index (κ1) is 15.1. The molecule has 0 radical (unpaired) electrons. The van der Waals surface area contributed by atoms with Gasteiger partial charge in [-0.1, -0.05) is 38.5 Å². The van der Waals surface area contributed by atoms with E-state index in [1.54, 1.807) is 0 Å². The van der Waals surface area contributed by atoms with Gasteiger partial charge in [-0.3, -0.25) is 0 Å². The molecule has 0 bridgehead atoms. The molecule has 2 heteroatoms. The Hall–Kier alpha value is -1.28. The lowest BCUT2D eigenvalue weighted by molar-refractivity contribution is 0.186. The molecule has 0 saturated heterocycles. The number of allylic oxidation sites excluding steroid dienone is 1. The maximum atomic E-state index is 6.17. The van der Waals surface area contributed by atoms with E-state index in [0.29, 0.717) is 0 Å². The van der Waals surface area contributed by atoms with E-state index in [2.05, 4.69) is 49.5 Å². The summed E-state index contributed by atoms with van der Waals surface area (Å²) in [6, 6.07) is 6.53. The minimum Gasteiger partial charge on any atom is -0.489 e. The van der Waals surface area contributed by atoms with Crippen LogP contribution in [0.25, 0.3) is 6.08 Å². The first-order chi connectivity index (χ1) is 9.83. The molecular weight excluding hydrogens is 246 g/mol. The van der Waals surface area contributed by atoms with E-state index in [-0.39, 0.29) is 6.10 Å². The molecule has 0 amide bonds. The molecule has 20 heavy (non-hydrogen) atoms. The standard InChI is InChI=1S/C18H27NO/c1-3-7-18(14-19-12-4-2)20-17-11-10-15-8-5-6-9-16(15)13-17/h6,9-11,13,18-19H,3-5,7-8,12,14H2,1-2H3. The summed E-state index contributed by atoms with van der Waals surface area (Å²) in [6.07, 6.45) is 10.5. The van der Waals surface area contributed by atoms with Crippen LogP contribution in [0.3, 0.4) is 0 Å². The zero-order valence-corrected chi connectivity index (χ0v) is 12.8. The first-order valence-corrected chi connectivity index (χ1v) is 8.00. The van der Waals surface area contributed by atoms with Crippen LogP contribution in [-0.4, -0.2) is 19.2 Å². The van der Waals surface area contributed by atoms with Crippen molar-refractivity contribution >= 4 is 6.08 Å². The molecule has 0 heterocycles. The molecular formula is C18H27NO. The van der Waals surface area contributed by atoms with Gasteiger partial charge in [0.05, 0.1) is 0 Å². The van der Waals surface area contributed by atoms with Crippen LogP contribution >= 0.6 is 0 Å². The van der Waals surface area contributed by atoms with Crippen molar-refractivity contribution in [3.05, 3.63) is 35.4 Å². The summed E-state index contributed by atoms with van der Waals surface area (Å²) >= 11 is 0. The van der Waals surface area contributed by atoms with Gasteiger partial charge >= 0.3 is 0 Å². The van der Waals surface area contributed by atoms with Crippen molar-refractivity contribution < 1.29 is 4.74 Å². The molecule has 2 rings (SSSR count). The largest absolute Gasteiger partial charge is 0.489 e. The fourth-order valence-corrected chi connectivity index (χ4v) is 2.64. The number of hydrogen-bond acceptors (Lipinski definition) is 2. The highest BCUT2D eigenvalue weighted by molar-refractivity contribution is 5.58. The molecule has 1 aromatic carbocycles. The monoisotopic (exact) mass is 273 g/mol. The van der Waals surface area contributed by atoms with E-state index in [1.807, 2.05) is 0 Å². The van der Waals surface area contributed by atoms with E-state index in [4.69, 9.17) is 4.74 Å². The number of benzene rings is 1. The van der Waals surface area contributed by atoms with Crippen LogP contribution < -0.4 is 10.1 Å². The third kappa shape index (κ3) is 4.38. The first-order valence-electron chi connectivity index (χ1n) is 8.00. The molecule has 0 spiro atoms. The van der Waals surface area contributed by atoms with Gasteiger partial charge in [0.1, 0.15) is 11.9 Å². The molecule has 1 aliphatic carbocycles. The molecule has 110 valence electrons. The molecule has 0 aromatic heterocycles. The van der Waals surface area contributed by atoms with E-state index >= 15 is 0 Å². The van der Waals surface area contributed by atoms with Crippen LogP contribution in [0.1, 0.15) is 50.7 Å². The second-order valence-electron chi connectivity index (χ2n) is 5.53. The number of aryl methyl sites for hydroxylation is 1. The molecule has 0 fully saturated rings. The Morgan fingerprint density at radius 2 is 2.15 bits per heavy atom. The molecule has 1 aromatic rings. The maximum Gasteiger partial charge on any atom is 0.120 e. The van der Waals surface area contributed by atoms with Crippen LogP contribution in [-0.2, 0) is 6.42 Å². The minimum absolute atomic E-state index is 0.275. The van der Waals surface area contributed by atoms with Crippen molar-refractivity contribution in [2.75, 3.05) is 13.1 Å². The molecule has 1 unspecified atom stereocenters. The van der Waals surface area contributed by atoms with E-state index in [9.17, 15) is 0 Å². The second-order valence-corrected chi connectivity index (χ2v) is 5.53. The summed E-state index contributed by atoms with van der Waals surface area (Å²) < 4.78 is 6.17. The van der Waals surface area contributed by atoms with Crippen LogP contribution in [0.5, 0.6) is 5.75 Å². The van der Waals surface area contributed by atoms with Crippen molar-refractivity contribution in [2.45, 2.75) is 52.1 Å². The number of hydrogen-bond donors (Lipinski definition) is 1. The lowest BCUT2D eigenvalue weighted by Gasteiger charge is -2.20. The predicted octanol–water partition coefficient (Wildman–Crippen LogP) is 4.19. The molecule has 1 atom stereocenters. The summed E-state index contributed by atoms with van der Waals surface area (Å²) in [4.78, 5) is 0. The smallest absolute Gasteiger partial charge is 0.120 e. The van der Waals surface area contributed by atoms with Gasteiger partial charge in [0.15, 0.2) is 0 Å². The third-order valence-corrected chi connectivity index (χ3v) is 3.71. The van der Waals surface area contributed by atoms with Gasteiger partial charge in [0, 0.05) is 6.54 Å². The van der Waals surface area contributed by atoms with Crippen LogP contribution in [0.4, 0.5) is 0 Å². The van der Waals surface area contributed by atoms with Crippen molar-refractivity contribution in [2.24, 2.45) is 0 Å². The Bertz CT molecular complexity index is 439. The van der Waals surface area contributed by atoms with E-state index < -0.39 is 0 Å². The van der Waals surface area contributed by atoms with Gasteiger partial charge in [-0.2, -0.15) is 0 Å². The molecule has 0 saturated carbocycles. The summed E-state index contributed by atoms with van der Waals surface area (Å²) in [7, 11) is 0. The average molecular weight is 273 g/mol. The highest BCUT2D eigenvalue weighted by Crippen LogP contribution is 2.25. The fourth-order valence-electron chi connectivity index (χ4n) is 2.64. The zero-order chi connectivity index (χ0) is 14.2. The van der Waals surface area contributed by atoms with Crippen LogP contribution in [0.15, 0.2) is 24.3 Å². The Balaban J connectivity index is 1.97. The van der Waals surface area contributed by atoms with Gasteiger partial charge < -0.3 is 10.1 Å². The summed E-state index contributed by atoms with van der Waals surface area (Å²) in [5, 5.41) is 3.46. The van der Waals surface area contributed by atoms with Crippen molar-refractivity contribution in [1.82, 2.24) is 5.32 Å². The highest BCUT2D eigenvalue weighted by atomic mass is 16.5. The summed E-state index contributed by atoms with van der Waals surface area (Å²) in [6.45, 7) is 6.41. The lowest BCUT2D eigenvalue weighted by Crippen LogP contribution is -2.31. The van der Waals surface area contributed by atoms with E-state index in [1.165, 1.54) is 17.5 Å². The average Bonchev–Trinajstić information content (AvgIpc) is 2.47. The quantitative estimate of drug-likeness (QED) is 0.717. The van der Waals surface area contributed by atoms with E-state index in [0.717, 1.165) is 44.5 Å². The Labute approximate surface area is 123 Å². The number of rotatable bonds is 8. The zero-order valence-electron chi connectivity index (χ0n) is 12.8. The van der Waals surface area contributed by atoms with Gasteiger partial charge in [-0.25, -0.2) is 0 Å². The van der Waals surface area contributed by atoms with Gasteiger partial charge in [-0.05, 0) is 55.5 Å². The minimum atomic E-state index is 0.275. The number of nitrogens with one attached hydrogen (secondary N) is 1. The normalized spacial score (nSPS) is 14.9. The second kappa shape index (κ2) is 8.11. The number of ether oxygens (including phenoxy) is 1. The Kier molecular flexibility index (Phi) is 6.13. The highest BCUT2D eigenvalue weighted by Gasteiger charge is 2.11. The van der Waals surface area contributed by atoms with Gasteiger partial charge in [0.2, 0.25) is 0 Å². The Morgan fingerprint density at radius 3 is 2.95 bits per heavy atom. The van der Waals surface area contributed by atoms with Gasteiger partial charge in [-0.15, -0.1) is 0 Å². The number of fused-ring (bicyclic) bond motifs is 1. The molecule has 0 aliphatic heterocycles. The summed E-state index contributed by atoms with van der Waals surface area (Å²) in [5.74, 6) is 1.01. The maximum absolute atomic E-state index is 6.17. The SMILES string of the molecule is CCCNCC(CCC)Oc1ccc2c(c1)C=CCC2. The van der Waals surface area contributed by atoms with Crippen LogP contribution in [0.2, 0.25) is 0 Å². The lowest BCUT2D eigenvalue weighted by atomic mass is 9.97. The third-order valence-electron chi connectivity index (χ3n) is 3.71. The van der Waals surface area contributed by atoms with Gasteiger partial charge in [0.25, 0.3) is 0 Å². The molecule has 1 aliphatic rings. The van der Waals surface area contributed by atoms with Crippen LogP contribution in [0, 0.1) is 0 Å². The molecule has 1 N–H and O–H groups in total. The van der Waals surface area contributed by atoms with Crippen molar-refractivity contribution in [3.63, 3.8) is 0 Å². The summed E-state index contributed by atoms with van der Waals surface area (Å²) in [5.41, 5.74) is 2.77. The predicted molar refractivity (Wildman–Crippen MR) is 86.3 cm³/mol. The fraction of sp³-hybridized carbons (Fsp3) is 0.556. The Morgan fingerprint density at radius 1 is 1.25 bits per heavy atom. The molecule has 2 nitrogen and oxygen atoms in total. The van der Waals surface area contributed by atoms with Crippen molar-refractivity contribution in [1.29, 1.82) is 0 Å².